The molecule has 0 saturated heterocycles. The summed E-state index contributed by atoms with van der Waals surface area (Å²) in [5.74, 6) is 0.832. The van der Waals surface area contributed by atoms with Crippen LogP contribution in [0, 0.1) is 10.5 Å². The molecule has 3 nitrogen and oxygen atoms in total. The van der Waals surface area contributed by atoms with Crippen molar-refractivity contribution in [2.75, 3.05) is 0 Å². The van der Waals surface area contributed by atoms with Crippen molar-refractivity contribution in [2.45, 2.75) is 13.5 Å². The fourth-order valence-electron chi connectivity index (χ4n) is 1.71. The van der Waals surface area contributed by atoms with Gasteiger partial charge in [0.05, 0.1) is 9.78 Å². The molecule has 0 aromatic heterocycles. The van der Waals surface area contributed by atoms with Crippen LogP contribution < -0.4 is 4.74 Å². The second-order valence-electron chi connectivity index (χ2n) is 4.15. The normalized spacial score (nSPS) is 10.8. The van der Waals surface area contributed by atoms with Crippen LogP contribution in [0.2, 0.25) is 0 Å². The molecule has 98 valence electrons. The van der Waals surface area contributed by atoms with Gasteiger partial charge in [-0.1, -0.05) is 29.4 Å². The standard InChI is InChI=1S/C15H14INO2/c1-11-4-2-3-5-13(11)10-19-15-7-6-12(9-17-18)8-14(15)16/h2-9,18H,10H2,1H3/b17-9+. The van der Waals surface area contributed by atoms with Crippen LogP contribution in [0.15, 0.2) is 47.6 Å². The Morgan fingerprint density at radius 2 is 2.05 bits per heavy atom. The van der Waals surface area contributed by atoms with Gasteiger partial charge in [-0.2, -0.15) is 0 Å². The van der Waals surface area contributed by atoms with Gasteiger partial charge in [0.15, 0.2) is 0 Å². The molecule has 0 bridgehead atoms. The van der Waals surface area contributed by atoms with Crippen LogP contribution in [0.3, 0.4) is 0 Å². The Balaban J connectivity index is 2.10. The Morgan fingerprint density at radius 1 is 1.26 bits per heavy atom. The van der Waals surface area contributed by atoms with Crippen molar-refractivity contribution in [3.05, 3.63) is 62.7 Å². The number of aryl methyl sites for hydroxylation is 1. The molecule has 0 fully saturated rings. The number of ether oxygens (including phenoxy) is 1. The third-order valence-electron chi connectivity index (χ3n) is 2.81. The van der Waals surface area contributed by atoms with E-state index in [9.17, 15) is 0 Å². The fraction of sp³-hybridized carbons (Fsp3) is 0.133. The van der Waals surface area contributed by atoms with E-state index in [-0.39, 0.29) is 0 Å². The maximum atomic E-state index is 8.50. The first-order chi connectivity index (χ1) is 9.20. The van der Waals surface area contributed by atoms with Gasteiger partial charge in [-0.3, -0.25) is 0 Å². The van der Waals surface area contributed by atoms with Crippen molar-refractivity contribution in [3.8, 4) is 5.75 Å². The highest BCUT2D eigenvalue weighted by atomic mass is 127. The van der Waals surface area contributed by atoms with E-state index < -0.39 is 0 Å². The number of hydrogen-bond donors (Lipinski definition) is 1. The molecular weight excluding hydrogens is 353 g/mol. The topological polar surface area (TPSA) is 41.8 Å². The average molecular weight is 367 g/mol. The lowest BCUT2D eigenvalue weighted by atomic mass is 10.1. The van der Waals surface area contributed by atoms with E-state index in [2.05, 4.69) is 46.8 Å². The summed E-state index contributed by atoms with van der Waals surface area (Å²) in [6.45, 7) is 2.63. The SMILES string of the molecule is Cc1ccccc1COc1ccc(/C=N/O)cc1I. The van der Waals surface area contributed by atoms with Crippen LogP contribution in [0.1, 0.15) is 16.7 Å². The van der Waals surface area contributed by atoms with Crippen LogP contribution in [0.25, 0.3) is 0 Å². The van der Waals surface area contributed by atoms with E-state index in [0.29, 0.717) is 6.61 Å². The van der Waals surface area contributed by atoms with Crippen LogP contribution >= 0.6 is 22.6 Å². The summed E-state index contributed by atoms with van der Waals surface area (Å²) in [6, 6.07) is 13.8. The van der Waals surface area contributed by atoms with Crippen LogP contribution in [0.4, 0.5) is 0 Å². The van der Waals surface area contributed by atoms with Gasteiger partial charge >= 0.3 is 0 Å². The molecule has 2 aromatic rings. The number of halogens is 1. The number of rotatable bonds is 4. The lowest BCUT2D eigenvalue weighted by Gasteiger charge is -2.10. The monoisotopic (exact) mass is 367 g/mol. The minimum absolute atomic E-state index is 0.552. The number of oxime groups is 1. The summed E-state index contributed by atoms with van der Waals surface area (Å²) >= 11 is 2.21. The van der Waals surface area contributed by atoms with Crippen molar-refractivity contribution in [1.82, 2.24) is 0 Å². The zero-order chi connectivity index (χ0) is 13.7. The Bertz CT molecular complexity index is 596. The molecule has 0 atom stereocenters. The maximum Gasteiger partial charge on any atom is 0.133 e. The first kappa shape index (κ1) is 13.9. The van der Waals surface area contributed by atoms with Gasteiger partial charge < -0.3 is 9.94 Å². The third kappa shape index (κ3) is 3.70. The quantitative estimate of drug-likeness (QED) is 0.384. The molecule has 0 aliphatic carbocycles. The lowest BCUT2D eigenvalue weighted by molar-refractivity contribution is 0.303. The molecule has 2 aromatic carbocycles. The molecule has 0 saturated carbocycles. The Labute approximate surface area is 126 Å². The largest absolute Gasteiger partial charge is 0.488 e. The lowest BCUT2D eigenvalue weighted by Crippen LogP contribution is -1.99. The van der Waals surface area contributed by atoms with E-state index in [1.807, 2.05) is 30.3 Å². The van der Waals surface area contributed by atoms with E-state index >= 15 is 0 Å². The summed E-state index contributed by atoms with van der Waals surface area (Å²) in [5.41, 5.74) is 3.25. The molecule has 0 aliphatic rings. The minimum Gasteiger partial charge on any atom is -0.488 e. The number of benzene rings is 2. The van der Waals surface area contributed by atoms with Crippen LogP contribution in [-0.4, -0.2) is 11.4 Å². The second kappa shape index (κ2) is 6.56. The van der Waals surface area contributed by atoms with E-state index in [4.69, 9.17) is 9.94 Å². The highest BCUT2D eigenvalue weighted by molar-refractivity contribution is 14.1. The molecule has 0 aliphatic heterocycles. The highest BCUT2D eigenvalue weighted by Gasteiger charge is 2.03. The van der Waals surface area contributed by atoms with Gasteiger partial charge in [-0.05, 0) is 64.4 Å². The van der Waals surface area contributed by atoms with Crippen molar-refractivity contribution in [2.24, 2.45) is 5.16 Å². The zero-order valence-corrected chi connectivity index (χ0v) is 12.7. The predicted molar refractivity (Wildman–Crippen MR) is 84.1 cm³/mol. The van der Waals surface area contributed by atoms with E-state index in [0.717, 1.165) is 14.9 Å². The molecule has 0 radical (unpaired) electrons. The van der Waals surface area contributed by atoms with Crippen molar-refractivity contribution >= 4 is 28.8 Å². The molecule has 0 amide bonds. The summed E-state index contributed by atoms with van der Waals surface area (Å²) in [4.78, 5) is 0. The van der Waals surface area contributed by atoms with Crippen molar-refractivity contribution in [1.29, 1.82) is 0 Å². The van der Waals surface area contributed by atoms with Gasteiger partial charge in [0, 0.05) is 0 Å². The molecule has 19 heavy (non-hydrogen) atoms. The average Bonchev–Trinajstić information content (AvgIpc) is 2.40. The first-order valence-corrected chi connectivity index (χ1v) is 6.93. The van der Waals surface area contributed by atoms with E-state index in [1.165, 1.54) is 17.3 Å². The van der Waals surface area contributed by atoms with Crippen LogP contribution in [0.5, 0.6) is 5.75 Å². The van der Waals surface area contributed by atoms with Gasteiger partial charge in [-0.25, -0.2) is 0 Å². The Kier molecular flexibility index (Phi) is 4.79. The van der Waals surface area contributed by atoms with Gasteiger partial charge in [0.2, 0.25) is 0 Å². The summed E-state index contributed by atoms with van der Waals surface area (Å²) in [5, 5.41) is 11.5. The summed E-state index contributed by atoms with van der Waals surface area (Å²) in [7, 11) is 0. The molecule has 2 rings (SSSR count). The second-order valence-corrected chi connectivity index (χ2v) is 5.31. The molecule has 4 heteroatoms. The van der Waals surface area contributed by atoms with Crippen molar-refractivity contribution in [3.63, 3.8) is 0 Å². The minimum atomic E-state index is 0.552. The molecular formula is C15H14INO2. The summed E-state index contributed by atoms with van der Waals surface area (Å²) in [6.07, 6.45) is 1.40. The molecule has 0 spiro atoms. The summed E-state index contributed by atoms with van der Waals surface area (Å²) < 4.78 is 6.81. The molecule has 1 N–H and O–H groups in total. The number of nitrogens with zero attached hydrogens (tertiary/aromatic N) is 1. The van der Waals surface area contributed by atoms with Crippen LogP contribution in [-0.2, 0) is 6.61 Å². The third-order valence-corrected chi connectivity index (χ3v) is 3.65. The molecule has 0 unspecified atom stereocenters. The maximum absolute atomic E-state index is 8.50. The number of hydrogen-bond acceptors (Lipinski definition) is 3. The van der Waals surface area contributed by atoms with Gasteiger partial charge in [0.1, 0.15) is 12.4 Å². The zero-order valence-electron chi connectivity index (χ0n) is 10.5. The Hall–Kier alpha value is -1.56. The smallest absolute Gasteiger partial charge is 0.133 e. The fourth-order valence-corrected chi connectivity index (χ4v) is 2.40. The molecule has 0 heterocycles. The predicted octanol–water partition coefficient (Wildman–Crippen LogP) is 3.99. The Morgan fingerprint density at radius 3 is 2.74 bits per heavy atom. The van der Waals surface area contributed by atoms with Gasteiger partial charge in [0.25, 0.3) is 0 Å². The highest BCUT2D eigenvalue weighted by Crippen LogP contribution is 2.23. The van der Waals surface area contributed by atoms with E-state index in [1.54, 1.807) is 0 Å². The first-order valence-electron chi connectivity index (χ1n) is 5.85. The van der Waals surface area contributed by atoms with Crippen molar-refractivity contribution < 1.29 is 9.94 Å². The van der Waals surface area contributed by atoms with Gasteiger partial charge in [-0.15, -0.1) is 0 Å².